The van der Waals surface area contributed by atoms with Crippen LogP contribution in [0.25, 0.3) is 0 Å². The summed E-state index contributed by atoms with van der Waals surface area (Å²) in [6.45, 7) is 1.98. The molecule has 0 heterocycles. The average molecular weight is 371 g/mol. The second-order valence-electron chi connectivity index (χ2n) is 4.40. The Kier molecular flexibility index (Phi) is 5.20. The van der Waals surface area contributed by atoms with Crippen molar-refractivity contribution >= 4 is 33.2 Å². The largest absolute Gasteiger partial charge is 0.450 e. The highest BCUT2D eigenvalue weighted by Gasteiger charge is 2.17. The molecular weight excluding hydrogens is 358 g/mol. The molecule has 21 heavy (non-hydrogen) atoms. The van der Waals surface area contributed by atoms with Crippen molar-refractivity contribution < 1.29 is 9.66 Å². The maximum Gasteiger partial charge on any atom is 0.311 e. The molecule has 2 aromatic rings. The standard InChI is InChI=1S/C15H13BrClNO3/c1-2-11-8-12(4-5-13(11)17)21-15-6-3-10(9-16)7-14(15)18(19)20/h3-8H,2,9H2,1H3. The maximum atomic E-state index is 11.1. The Morgan fingerprint density at radius 2 is 2.05 bits per heavy atom. The maximum absolute atomic E-state index is 11.1. The zero-order valence-corrected chi connectivity index (χ0v) is 13.6. The highest BCUT2D eigenvalue weighted by atomic mass is 79.9. The molecule has 0 N–H and O–H groups in total. The van der Waals surface area contributed by atoms with Gasteiger partial charge in [0.2, 0.25) is 5.75 Å². The van der Waals surface area contributed by atoms with E-state index < -0.39 is 4.92 Å². The summed E-state index contributed by atoms with van der Waals surface area (Å²) in [5.41, 5.74) is 1.70. The van der Waals surface area contributed by atoms with E-state index in [0.29, 0.717) is 16.1 Å². The van der Waals surface area contributed by atoms with Crippen molar-refractivity contribution in [3.05, 3.63) is 62.7 Å². The first-order valence-corrected chi connectivity index (χ1v) is 7.84. The molecule has 0 amide bonds. The summed E-state index contributed by atoms with van der Waals surface area (Å²) in [5, 5.41) is 12.4. The van der Waals surface area contributed by atoms with Crippen molar-refractivity contribution in [2.45, 2.75) is 18.7 Å². The lowest BCUT2D eigenvalue weighted by molar-refractivity contribution is -0.385. The van der Waals surface area contributed by atoms with Crippen molar-refractivity contribution in [2.75, 3.05) is 0 Å². The summed E-state index contributed by atoms with van der Waals surface area (Å²) in [6, 6.07) is 10.1. The van der Waals surface area contributed by atoms with Gasteiger partial charge in [-0.3, -0.25) is 10.1 Å². The van der Waals surface area contributed by atoms with Crippen LogP contribution in [0.15, 0.2) is 36.4 Å². The quantitative estimate of drug-likeness (QED) is 0.397. The number of nitro benzene ring substituents is 1. The van der Waals surface area contributed by atoms with E-state index in [1.54, 1.807) is 30.3 Å². The fourth-order valence-corrected chi connectivity index (χ4v) is 2.49. The van der Waals surface area contributed by atoms with Gasteiger partial charge in [-0.1, -0.05) is 40.5 Å². The zero-order chi connectivity index (χ0) is 15.4. The lowest BCUT2D eigenvalue weighted by atomic mass is 10.1. The van der Waals surface area contributed by atoms with Crippen LogP contribution in [0.2, 0.25) is 5.02 Å². The second kappa shape index (κ2) is 6.91. The minimum absolute atomic E-state index is 0.0556. The Balaban J connectivity index is 2.37. The number of hydrogen-bond donors (Lipinski definition) is 0. The molecule has 0 aliphatic carbocycles. The van der Waals surface area contributed by atoms with E-state index >= 15 is 0 Å². The number of rotatable bonds is 5. The molecule has 0 aromatic heterocycles. The molecule has 0 radical (unpaired) electrons. The van der Waals surface area contributed by atoms with Crippen LogP contribution in [0, 0.1) is 10.1 Å². The number of nitro groups is 1. The Bertz CT molecular complexity index is 676. The van der Waals surface area contributed by atoms with E-state index in [2.05, 4.69) is 15.9 Å². The average Bonchev–Trinajstić information content (AvgIpc) is 2.49. The summed E-state index contributed by atoms with van der Waals surface area (Å²) in [7, 11) is 0. The molecule has 0 saturated carbocycles. The molecule has 0 bridgehead atoms. The second-order valence-corrected chi connectivity index (χ2v) is 5.37. The van der Waals surface area contributed by atoms with Crippen molar-refractivity contribution in [2.24, 2.45) is 0 Å². The lowest BCUT2D eigenvalue weighted by Crippen LogP contribution is -1.95. The fourth-order valence-electron chi connectivity index (χ4n) is 1.89. The molecule has 0 saturated heterocycles. The van der Waals surface area contributed by atoms with E-state index in [9.17, 15) is 10.1 Å². The van der Waals surface area contributed by atoms with Gasteiger partial charge in [0.1, 0.15) is 5.75 Å². The third-order valence-electron chi connectivity index (χ3n) is 3.00. The number of nitrogens with zero attached hydrogens (tertiary/aromatic N) is 1. The van der Waals surface area contributed by atoms with Crippen LogP contribution in [-0.4, -0.2) is 4.92 Å². The summed E-state index contributed by atoms with van der Waals surface area (Å²) >= 11 is 9.33. The molecule has 4 nitrogen and oxygen atoms in total. The van der Waals surface area contributed by atoms with Crippen molar-refractivity contribution in [3.8, 4) is 11.5 Å². The van der Waals surface area contributed by atoms with Gasteiger partial charge in [-0.15, -0.1) is 0 Å². The van der Waals surface area contributed by atoms with E-state index in [1.165, 1.54) is 6.07 Å². The van der Waals surface area contributed by atoms with Crippen LogP contribution < -0.4 is 4.74 Å². The highest BCUT2D eigenvalue weighted by Crippen LogP contribution is 2.34. The minimum atomic E-state index is -0.446. The van der Waals surface area contributed by atoms with E-state index in [-0.39, 0.29) is 11.4 Å². The highest BCUT2D eigenvalue weighted by molar-refractivity contribution is 9.08. The van der Waals surface area contributed by atoms with Gasteiger partial charge >= 0.3 is 5.69 Å². The van der Waals surface area contributed by atoms with Crippen molar-refractivity contribution in [3.63, 3.8) is 0 Å². The molecule has 0 aliphatic heterocycles. The SMILES string of the molecule is CCc1cc(Oc2ccc(CBr)cc2[N+](=O)[O-])ccc1Cl. The van der Waals surface area contributed by atoms with Gasteiger partial charge in [0.15, 0.2) is 0 Å². The van der Waals surface area contributed by atoms with E-state index in [1.807, 2.05) is 6.92 Å². The number of aryl methyl sites for hydroxylation is 1. The third-order valence-corrected chi connectivity index (χ3v) is 4.02. The van der Waals surface area contributed by atoms with Gasteiger partial charge in [0, 0.05) is 16.4 Å². The first-order chi connectivity index (χ1) is 10.0. The number of hydrogen-bond acceptors (Lipinski definition) is 3. The van der Waals surface area contributed by atoms with Crippen molar-refractivity contribution in [1.29, 1.82) is 0 Å². The molecule has 0 aliphatic rings. The Labute approximate surface area is 136 Å². The number of alkyl halides is 1. The van der Waals surface area contributed by atoms with Gasteiger partial charge in [0.05, 0.1) is 4.92 Å². The number of benzene rings is 2. The molecule has 0 spiro atoms. The lowest BCUT2D eigenvalue weighted by Gasteiger charge is -2.09. The summed E-state index contributed by atoms with van der Waals surface area (Å²) in [5.74, 6) is 0.750. The van der Waals surface area contributed by atoms with Gasteiger partial charge in [-0.25, -0.2) is 0 Å². The molecule has 2 rings (SSSR count). The molecule has 0 atom stereocenters. The monoisotopic (exact) mass is 369 g/mol. The van der Waals surface area contributed by atoms with Gasteiger partial charge < -0.3 is 4.74 Å². The van der Waals surface area contributed by atoms with Gasteiger partial charge in [0.25, 0.3) is 0 Å². The predicted molar refractivity (Wildman–Crippen MR) is 86.6 cm³/mol. The number of halogens is 2. The predicted octanol–water partition coefficient (Wildman–Crippen LogP) is 5.50. The summed E-state index contributed by atoms with van der Waals surface area (Å²) in [6.07, 6.45) is 0.765. The van der Waals surface area contributed by atoms with Crippen LogP contribution >= 0.6 is 27.5 Å². The molecule has 6 heteroatoms. The summed E-state index contributed by atoms with van der Waals surface area (Å²) < 4.78 is 5.65. The number of ether oxygens (including phenoxy) is 1. The third kappa shape index (κ3) is 3.74. The van der Waals surface area contributed by atoms with Crippen LogP contribution in [0.3, 0.4) is 0 Å². The van der Waals surface area contributed by atoms with Gasteiger partial charge in [-0.05, 0) is 41.8 Å². The molecular formula is C15H13BrClNO3. The Morgan fingerprint density at radius 1 is 1.29 bits per heavy atom. The molecule has 0 fully saturated rings. The minimum Gasteiger partial charge on any atom is -0.450 e. The van der Waals surface area contributed by atoms with Crippen LogP contribution in [0.5, 0.6) is 11.5 Å². The molecule has 2 aromatic carbocycles. The Morgan fingerprint density at radius 3 is 2.67 bits per heavy atom. The van der Waals surface area contributed by atoms with E-state index in [4.69, 9.17) is 16.3 Å². The zero-order valence-electron chi connectivity index (χ0n) is 11.3. The van der Waals surface area contributed by atoms with E-state index in [0.717, 1.165) is 17.5 Å². The Hall–Kier alpha value is -1.59. The smallest absolute Gasteiger partial charge is 0.311 e. The van der Waals surface area contributed by atoms with Crippen LogP contribution in [0.1, 0.15) is 18.1 Å². The fraction of sp³-hybridized carbons (Fsp3) is 0.200. The van der Waals surface area contributed by atoms with Crippen molar-refractivity contribution in [1.82, 2.24) is 0 Å². The summed E-state index contributed by atoms with van der Waals surface area (Å²) in [4.78, 5) is 10.7. The van der Waals surface area contributed by atoms with Gasteiger partial charge in [-0.2, -0.15) is 0 Å². The first kappa shape index (κ1) is 15.8. The molecule has 110 valence electrons. The first-order valence-electron chi connectivity index (χ1n) is 6.34. The topological polar surface area (TPSA) is 52.4 Å². The normalized spacial score (nSPS) is 10.4. The molecule has 0 unspecified atom stereocenters. The van der Waals surface area contributed by atoms with Crippen LogP contribution in [-0.2, 0) is 11.8 Å². The van der Waals surface area contributed by atoms with Crippen LogP contribution in [0.4, 0.5) is 5.69 Å².